The van der Waals surface area contributed by atoms with Crippen LogP contribution in [-0.4, -0.2) is 37.8 Å². The van der Waals surface area contributed by atoms with E-state index in [0.29, 0.717) is 5.82 Å². The molecule has 1 aromatic heterocycles. The van der Waals surface area contributed by atoms with Gasteiger partial charge in [-0.1, -0.05) is 13.8 Å². The van der Waals surface area contributed by atoms with Crippen molar-refractivity contribution in [2.45, 2.75) is 45.7 Å². The van der Waals surface area contributed by atoms with E-state index >= 15 is 0 Å². The van der Waals surface area contributed by atoms with Crippen molar-refractivity contribution in [1.29, 1.82) is 0 Å². The Morgan fingerprint density at radius 2 is 1.71 bits per heavy atom. The molecule has 0 bridgehead atoms. The molecule has 0 fully saturated rings. The van der Waals surface area contributed by atoms with Gasteiger partial charge in [0.05, 0.1) is 13.2 Å². The zero-order chi connectivity index (χ0) is 13.2. The first-order chi connectivity index (χ1) is 7.93. The van der Waals surface area contributed by atoms with E-state index in [1.165, 1.54) is 4.68 Å². The zero-order valence-corrected chi connectivity index (χ0v) is 10.8. The smallest absolute Gasteiger partial charge is 0.346 e. The summed E-state index contributed by atoms with van der Waals surface area (Å²) in [6.07, 6.45) is 0. The first-order valence-electron chi connectivity index (χ1n) is 5.86. The highest BCUT2D eigenvalue weighted by atomic mass is 16.3. The third kappa shape index (κ3) is 2.58. The van der Waals surface area contributed by atoms with E-state index in [2.05, 4.69) is 5.10 Å². The summed E-state index contributed by atoms with van der Waals surface area (Å²) in [6, 6.07) is -0.660. The summed E-state index contributed by atoms with van der Waals surface area (Å²) in [5.74, 6) is 0.793. The largest absolute Gasteiger partial charge is 0.394 e. The molecule has 1 aromatic rings. The fraction of sp³-hybridized carbons (Fsp3) is 0.818. The van der Waals surface area contributed by atoms with Crippen molar-refractivity contribution in [2.24, 2.45) is 0 Å². The van der Waals surface area contributed by atoms with E-state index in [9.17, 15) is 4.79 Å². The number of aromatic nitrogens is 3. The second-order valence-electron chi connectivity index (χ2n) is 4.72. The van der Waals surface area contributed by atoms with Crippen LogP contribution in [0.3, 0.4) is 0 Å². The van der Waals surface area contributed by atoms with E-state index in [1.54, 1.807) is 4.57 Å². The minimum absolute atomic E-state index is 0.00619. The Balaban J connectivity index is 3.36. The maximum Gasteiger partial charge on any atom is 0.346 e. The van der Waals surface area contributed by atoms with E-state index in [4.69, 9.17) is 10.2 Å². The van der Waals surface area contributed by atoms with Crippen molar-refractivity contribution in [3.8, 4) is 0 Å². The van der Waals surface area contributed by atoms with Crippen molar-refractivity contribution in [2.75, 3.05) is 13.2 Å². The molecule has 0 saturated carbocycles. The molecule has 6 nitrogen and oxygen atoms in total. The lowest BCUT2D eigenvalue weighted by Crippen LogP contribution is -2.32. The Kier molecular flexibility index (Phi) is 4.47. The van der Waals surface area contributed by atoms with Crippen molar-refractivity contribution < 1.29 is 10.2 Å². The van der Waals surface area contributed by atoms with Gasteiger partial charge in [0, 0.05) is 12.0 Å². The van der Waals surface area contributed by atoms with Crippen LogP contribution in [0.1, 0.15) is 51.5 Å². The predicted octanol–water partition coefficient (Wildman–Crippen LogP) is 0.275. The van der Waals surface area contributed by atoms with Crippen LogP contribution in [0, 0.1) is 0 Å². The van der Waals surface area contributed by atoms with Gasteiger partial charge in [-0.05, 0) is 13.8 Å². The Morgan fingerprint density at radius 1 is 1.18 bits per heavy atom. The molecule has 98 valence electrons. The molecule has 0 aliphatic carbocycles. The van der Waals surface area contributed by atoms with Gasteiger partial charge in [0.1, 0.15) is 11.9 Å². The fourth-order valence-electron chi connectivity index (χ4n) is 1.74. The first kappa shape index (κ1) is 13.9. The number of aliphatic hydroxyl groups is 2. The number of hydrogen-bond acceptors (Lipinski definition) is 4. The molecule has 0 aliphatic heterocycles. The average Bonchev–Trinajstić information content (AvgIpc) is 2.59. The van der Waals surface area contributed by atoms with Gasteiger partial charge in [-0.25, -0.2) is 9.48 Å². The molecule has 17 heavy (non-hydrogen) atoms. The van der Waals surface area contributed by atoms with Crippen LogP contribution >= 0.6 is 0 Å². The van der Waals surface area contributed by atoms with Crippen molar-refractivity contribution in [3.05, 3.63) is 16.3 Å². The minimum atomic E-state index is -0.667. The molecule has 1 rings (SSSR count). The van der Waals surface area contributed by atoms with Crippen molar-refractivity contribution in [1.82, 2.24) is 14.3 Å². The molecule has 0 atom stereocenters. The predicted molar refractivity (Wildman–Crippen MR) is 64.2 cm³/mol. The van der Waals surface area contributed by atoms with Crippen LogP contribution in [0.5, 0.6) is 0 Å². The van der Waals surface area contributed by atoms with E-state index in [-0.39, 0.29) is 30.9 Å². The van der Waals surface area contributed by atoms with E-state index < -0.39 is 6.04 Å². The monoisotopic (exact) mass is 243 g/mol. The first-order valence-corrected chi connectivity index (χ1v) is 5.86. The molecule has 0 spiro atoms. The number of hydrogen-bond donors (Lipinski definition) is 2. The standard InChI is InChI=1S/C11H21N3O3/c1-7(2)10-12-14(9(5-15)6-16)11(17)13(10)8(3)4/h7-9,15-16H,5-6H2,1-4H3. The second kappa shape index (κ2) is 5.46. The molecule has 0 radical (unpaired) electrons. The summed E-state index contributed by atoms with van der Waals surface area (Å²) in [5.41, 5.74) is -0.281. The highest BCUT2D eigenvalue weighted by molar-refractivity contribution is 4.96. The Hall–Kier alpha value is -1.14. The van der Waals surface area contributed by atoms with Crippen LogP contribution in [0.25, 0.3) is 0 Å². The molecular formula is C11H21N3O3. The molecule has 0 unspecified atom stereocenters. The van der Waals surface area contributed by atoms with Crippen molar-refractivity contribution in [3.63, 3.8) is 0 Å². The zero-order valence-electron chi connectivity index (χ0n) is 10.8. The van der Waals surface area contributed by atoms with Gasteiger partial charge in [-0.3, -0.25) is 4.57 Å². The van der Waals surface area contributed by atoms with Gasteiger partial charge in [0.2, 0.25) is 0 Å². The minimum Gasteiger partial charge on any atom is -0.394 e. The van der Waals surface area contributed by atoms with Crippen LogP contribution in [0.15, 0.2) is 4.79 Å². The second-order valence-corrected chi connectivity index (χ2v) is 4.72. The lowest BCUT2D eigenvalue weighted by Gasteiger charge is -2.10. The number of nitrogens with zero attached hydrogens (tertiary/aromatic N) is 3. The SMILES string of the molecule is CC(C)c1nn(C(CO)CO)c(=O)n1C(C)C. The lowest BCUT2D eigenvalue weighted by molar-refractivity contribution is 0.143. The van der Waals surface area contributed by atoms with Crippen LogP contribution in [-0.2, 0) is 0 Å². The summed E-state index contributed by atoms with van der Waals surface area (Å²) >= 11 is 0. The number of rotatable bonds is 5. The Labute approximate surface area is 101 Å². The molecule has 0 amide bonds. The highest BCUT2D eigenvalue weighted by Gasteiger charge is 2.22. The van der Waals surface area contributed by atoms with Gasteiger partial charge in [-0.2, -0.15) is 5.10 Å². The van der Waals surface area contributed by atoms with Gasteiger partial charge in [0.15, 0.2) is 0 Å². The summed E-state index contributed by atoms with van der Waals surface area (Å²) in [4.78, 5) is 12.1. The normalized spacial score (nSPS) is 12.1. The summed E-state index contributed by atoms with van der Waals surface area (Å²) in [6.45, 7) is 7.13. The summed E-state index contributed by atoms with van der Waals surface area (Å²) < 4.78 is 2.78. The highest BCUT2D eigenvalue weighted by Crippen LogP contribution is 2.15. The molecule has 2 N–H and O–H groups in total. The fourth-order valence-corrected chi connectivity index (χ4v) is 1.74. The molecule has 0 aliphatic rings. The quantitative estimate of drug-likeness (QED) is 0.778. The van der Waals surface area contributed by atoms with Crippen LogP contribution in [0.4, 0.5) is 0 Å². The topological polar surface area (TPSA) is 80.3 Å². The molecule has 6 heteroatoms. The maximum absolute atomic E-state index is 12.1. The molecule has 0 aromatic carbocycles. The van der Waals surface area contributed by atoms with E-state index in [0.717, 1.165) is 0 Å². The van der Waals surface area contributed by atoms with Crippen molar-refractivity contribution >= 4 is 0 Å². The van der Waals surface area contributed by atoms with Gasteiger partial charge in [-0.15, -0.1) is 0 Å². The van der Waals surface area contributed by atoms with E-state index in [1.807, 2.05) is 27.7 Å². The maximum atomic E-state index is 12.1. The van der Waals surface area contributed by atoms with Gasteiger partial charge >= 0.3 is 5.69 Å². The molecule has 0 saturated heterocycles. The summed E-state index contributed by atoms with van der Waals surface area (Å²) in [5, 5.41) is 22.4. The summed E-state index contributed by atoms with van der Waals surface area (Å²) in [7, 11) is 0. The third-order valence-corrected chi connectivity index (χ3v) is 2.66. The Morgan fingerprint density at radius 3 is 2.00 bits per heavy atom. The molecule has 1 heterocycles. The average molecular weight is 243 g/mol. The molecular weight excluding hydrogens is 222 g/mol. The number of aliphatic hydroxyl groups excluding tert-OH is 2. The third-order valence-electron chi connectivity index (χ3n) is 2.66. The van der Waals surface area contributed by atoms with Crippen LogP contribution in [0.2, 0.25) is 0 Å². The van der Waals surface area contributed by atoms with Gasteiger partial charge < -0.3 is 10.2 Å². The van der Waals surface area contributed by atoms with Crippen LogP contribution < -0.4 is 5.69 Å². The van der Waals surface area contributed by atoms with Gasteiger partial charge in [0.25, 0.3) is 0 Å². The lowest BCUT2D eigenvalue weighted by atomic mass is 10.2. The Bertz CT molecular complexity index is 416.